The van der Waals surface area contributed by atoms with E-state index in [2.05, 4.69) is 13.8 Å². The highest BCUT2D eigenvalue weighted by molar-refractivity contribution is 7.80. The van der Waals surface area contributed by atoms with E-state index in [9.17, 15) is 43.6 Å². The molecule has 13 heteroatoms. The maximum absolute atomic E-state index is 12.7. The monoisotopic (exact) mass is 662 g/mol. The molecule has 1 aliphatic heterocycles. The zero-order valence-corrected chi connectivity index (χ0v) is 27.8. The first-order valence-electron chi connectivity index (χ1n) is 16.6. The summed E-state index contributed by atoms with van der Waals surface area (Å²) in [4.78, 5) is 0. The second-order valence-corrected chi connectivity index (χ2v) is 16.7. The van der Waals surface area contributed by atoms with Crippen LogP contribution in [-0.2, 0) is 24.1 Å². The molecule has 0 spiro atoms. The summed E-state index contributed by atoms with van der Waals surface area (Å²) >= 11 is 0. The minimum atomic E-state index is -4.85. The molecular formula is C32H54O12S. The molecule has 0 bridgehead atoms. The third-order valence-electron chi connectivity index (χ3n) is 12.6. The lowest BCUT2D eigenvalue weighted by Crippen LogP contribution is -2.68. The van der Waals surface area contributed by atoms with E-state index in [0.717, 1.165) is 0 Å². The van der Waals surface area contributed by atoms with Crippen molar-refractivity contribution in [2.75, 3.05) is 6.61 Å². The highest BCUT2D eigenvalue weighted by Crippen LogP contribution is 2.70. The summed E-state index contributed by atoms with van der Waals surface area (Å²) in [6.07, 6.45) is -0.890. The Hall–Kier alpha value is -0.710. The van der Waals surface area contributed by atoms with Crippen molar-refractivity contribution >= 4 is 10.4 Å². The number of allylic oxidation sites excluding steroid dienone is 1. The van der Waals surface area contributed by atoms with Crippen LogP contribution in [0.1, 0.15) is 79.6 Å². The lowest BCUT2D eigenvalue weighted by molar-refractivity contribution is -0.280. The Morgan fingerprint density at radius 1 is 0.911 bits per heavy atom. The van der Waals surface area contributed by atoms with Crippen LogP contribution in [0.2, 0.25) is 0 Å². The number of hydrogen-bond acceptors (Lipinski definition) is 11. The predicted octanol–water partition coefficient (Wildman–Crippen LogP) is 1.56. The van der Waals surface area contributed by atoms with Crippen molar-refractivity contribution < 1.29 is 57.3 Å². The zero-order chi connectivity index (χ0) is 33.3. The number of hydrogen-bond donors (Lipinski definition) is 7. The Labute approximate surface area is 266 Å². The maximum Gasteiger partial charge on any atom is 0.397 e. The van der Waals surface area contributed by atoms with Crippen molar-refractivity contribution in [2.45, 2.75) is 134 Å². The Kier molecular flexibility index (Phi) is 9.99. The standard InChI is InChI=1S/C32H54O12S/c1-16(2)23(43-29-27(37)26(36)22(35)15-42-29)7-6-17(3)19-13-24(44-45(39,40)41)28-31(19,5)11-9-25-30(4)10-8-18(33)12-20(30)21(34)14-32(25,28)38/h6-7,16-29,33-38H,8-15H2,1-5H3,(H,39,40,41)/b7-6+/t17-,18+,19-,20-,21-,22+,23-,24+,25+,26-,27+,28-,29-,30+,31-,32+/m1/s1. The van der Waals surface area contributed by atoms with Gasteiger partial charge in [-0.3, -0.25) is 4.55 Å². The topological polar surface area (TPSA) is 203 Å². The van der Waals surface area contributed by atoms with Crippen LogP contribution < -0.4 is 0 Å². The molecule has 5 fully saturated rings. The minimum absolute atomic E-state index is 0.0424. The number of rotatable bonds is 8. The molecule has 0 unspecified atom stereocenters. The van der Waals surface area contributed by atoms with E-state index in [0.29, 0.717) is 32.1 Å². The van der Waals surface area contributed by atoms with Gasteiger partial charge in [-0.15, -0.1) is 0 Å². The van der Waals surface area contributed by atoms with Crippen molar-refractivity contribution in [1.82, 2.24) is 0 Å². The normalized spacial score (nSPS) is 50.2. The van der Waals surface area contributed by atoms with E-state index in [1.165, 1.54) is 0 Å². The SMILES string of the molecule is CC(C)[C@@H](/C=C/[C@@H](C)[C@H]1C[C@H](OS(=O)(=O)O)[C@@H]2[C@]1(C)CC[C@H]1[C@@]3(C)CC[C@H](O)C[C@@H]3[C@H](O)C[C@@]21O)O[C@H]1OC[C@H](O)[C@@H](O)[C@@H]1O. The van der Waals surface area contributed by atoms with Gasteiger partial charge in [-0.2, -0.15) is 8.42 Å². The van der Waals surface area contributed by atoms with Gasteiger partial charge in [0.05, 0.1) is 36.6 Å². The van der Waals surface area contributed by atoms with Crippen LogP contribution in [0, 0.1) is 46.3 Å². The second-order valence-electron chi connectivity index (χ2n) is 15.6. The van der Waals surface area contributed by atoms with Crippen molar-refractivity contribution in [1.29, 1.82) is 0 Å². The van der Waals surface area contributed by atoms with E-state index < -0.39 is 81.8 Å². The lowest BCUT2D eigenvalue weighted by Gasteiger charge is -2.66. The van der Waals surface area contributed by atoms with Gasteiger partial charge in [0.1, 0.15) is 18.3 Å². The molecule has 1 saturated heterocycles. The molecule has 0 radical (unpaired) electrons. The summed E-state index contributed by atoms with van der Waals surface area (Å²) in [5, 5.41) is 64.8. The Morgan fingerprint density at radius 3 is 2.22 bits per heavy atom. The Morgan fingerprint density at radius 2 is 1.58 bits per heavy atom. The van der Waals surface area contributed by atoms with E-state index in [1.807, 2.05) is 32.9 Å². The van der Waals surface area contributed by atoms with E-state index in [1.54, 1.807) is 0 Å². The summed E-state index contributed by atoms with van der Waals surface area (Å²) in [6.45, 7) is 9.84. The summed E-state index contributed by atoms with van der Waals surface area (Å²) in [6, 6.07) is 0. The van der Waals surface area contributed by atoms with Crippen molar-refractivity contribution in [3.05, 3.63) is 12.2 Å². The molecule has 0 aromatic heterocycles. The molecule has 5 aliphatic rings. The number of fused-ring (bicyclic) bond motifs is 5. The molecule has 0 amide bonds. The van der Waals surface area contributed by atoms with Crippen LogP contribution >= 0.6 is 0 Å². The minimum Gasteiger partial charge on any atom is -0.393 e. The summed E-state index contributed by atoms with van der Waals surface area (Å²) in [5.74, 6) is -1.45. The first kappa shape index (κ1) is 35.6. The first-order valence-corrected chi connectivity index (χ1v) is 17.9. The van der Waals surface area contributed by atoms with Gasteiger partial charge in [0.15, 0.2) is 6.29 Å². The van der Waals surface area contributed by atoms with Gasteiger partial charge >= 0.3 is 10.4 Å². The molecule has 4 aliphatic carbocycles. The summed E-state index contributed by atoms with van der Waals surface area (Å²) in [5.41, 5.74) is -2.49. The van der Waals surface area contributed by atoms with Crippen LogP contribution in [-0.4, -0.2) is 105 Å². The van der Waals surface area contributed by atoms with Gasteiger partial charge in [0, 0.05) is 12.3 Å². The third-order valence-corrected chi connectivity index (χ3v) is 13.1. The van der Waals surface area contributed by atoms with Gasteiger partial charge in [0.2, 0.25) is 0 Å². The number of ether oxygens (including phenoxy) is 2. The highest BCUT2D eigenvalue weighted by Gasteiger charge is 2.71. The quantitative estimate of drug-likeness (QED) is 0.146. The van der Waals surface area contributed by atoms with Crippen LogP contribution in [0.4, 0.5) is 0 Å². The maximum atomic E-state index is 12.7. The van der Waals surface area contributed by atoms with Crippen LogP contribution in [0.15, 0.2) is 12.2 Å². The van der Waals surface area contributed by atoms with E-state index in [4.69, 9.17) is 13.7 Å². The van der Waals surface area contributed by atoms with Crippen molar-refractivity contribution in [2.24, 2.45) is 46.3 Å². The smallest absolute Gasteiger partial charge is 0.393 e. The predicted molar refractivity (Wildman–Crippen MR) is 162 cm³/mol. The number of aliphatic hydroxyl groups is 6. The molecule has 1 heterocycles. The second kappa shape index (κ2) is 12.6. The average Bonchev–Trinajstić information content (AvgIpc) is 3.23. The summed E-state index contributed by atoms with van der Waals surface area (Å²) in [7, 11) is -4.85. The molecule has 45 heavy (non-hydrogen) atoms. The molecule has 12 nitrogen and oxygen atoms in total. The van der Waals surface area contributed by atoms with Crippen molar-refractivity contribution in [3.8, 4) is 0 Å². The van der Waals surface area contributed by atoms with Crippen molar-refractivity contribution in [3.63, 3.8) is 0 Å². The van der Waals surface area contributed by atoms with Gasteiger partial charge in [-0.05, 0) is 78.9 Å². The lowest BCUT2D eigenvalue weighted by atomic mass is 9.42. The first-order chi connectivity index (χ1) is 20.8. The van der Waals surface area contributed by atoms with Gasteiger partial charge in [-0.25, -0.2) is 4.18 Å². The van der Waals surface area contributed by atoms with Gasteiger partial charge in [-0.1, -0.05) is 46.8 Å². The molecular weight excluding hydrogens is 608 g/mol. The molecule has 0 aromatic rings. The third kappa shape index (κ3) is 6.41. The van der Waals surface area contributed by atoms with Gasteiger partial charge < -0.3 is 40.1 Å². The van der Waals surface area contributed by atoms with E-state index >= 15 is 0 Å². The Balaban J connectivity index is 1.42. The molecule has 4 saturated carbocycles. The molecule has 0 aromatic carbocycles. The number of aliphatic hydroxyl groups excluding tert-OH is 5. The molecule has 16 atom stereocenters. The fraction of sp³-hybridized carbons (Fsp3) is 0.938. The molecule has 5 rings (SSSR count). The van der Waals surface area contributed by atoms with Crippen LogP contribution in [0.5, 0.6) is 0 Å². The molecule has 7 N–H and O–H groups in total. The zero-order valence-electron chi connectivity index (χ0n) is 27.0. The molecule has 260 valence electrons. The van der Waals surface area contributed by atoms with Crippen LogP contribution in [0.3, 0.4) is 0 Å². The van der Waals surface area contributed by atoms with Crippen LogP contribution in [0.25, 0.3) is 0 Å². The van der Waals surface area contributed by atoms with Gasteiger partial charge in [0.25, 0.3) is 0 Å². The summed E-state index contributed by atoms with van der Waals surface area (Å²) < 4.78 is 50.9. The highest BCUT2D eigenvalue weighted by atomic mass is 32.3. The average molecular weight is 663 g/mol. The fourth-order valence-corrected chi connectivity index (χ4v) is 11.0. The fourth-order valence-electron chi connectivity index (χ4n) is 10.5. The largest absolute Gasteiger partial charge is 0.397 e. The van der Waals surface area contributed by atoms with E-state index in [-0.39, 0.29) is 49.0 Å². The Bertz CT molecular complexity index is 1200.